The van der Waals surface area contributed by atoms with Crippen molar-refractivity contribution in [1.29, 1.82) is 0 Å². The topological polar surface area (TPSA) is 38.3 Å². The highest BCUT2D eigenvalue weighted by atomic mass is 35.5. The molecule has 0 aliphatic carbocycles. The predicted octanol–water partition coefficient (Wildman–Crippen LogP) is 4.91. The van der Waals surface area contributed by atoms with E-state index in [2.05, 4.69) is 5.32 Å². The number of ether oxygens (including phenoxy) is 1. The van der Waals surface area contributed by atoms with Crippen LogP contribution in [0, 0.1) is 0 Å². The first-order valence-electron chi connectivity index (χ1n) is 5.62. The van der Waals surface area contributed by atoms with Gasteiger partial charge in [0.05, 0.1) is 17.2 Å². The van der Waals surface area contributed by atoms with Crippen LogP contribution in [0.1, 0.15) is 10.4 Å². The third-order valence-corrected chi connectivity index (χ3v) is 3.46. The Morgan fingerprint density at radius 1 is 1.00 bits per heavy atom. The molecule has 0 heterocycles. The predicted molar refractivity (Wildman–Crippen MR) is 82.4 cm³/mol. The molecule has 0 saturated heterocycles. The van der Waals surface area contributed by atoms with Crippen LogP contribution in [0.5, 0.6) is 5.75 Å². The van der Waals surface area contributed by atoms with Crippen molar-refractivity contribution in [2.75, 3.05) is 12.4 Å². The summed E-state index contributed by atoms with van der Waals surface area (Å²) in [6.07, 6.45) is 0. The van der Waals surface area contributed by atoms with Crippen molar-refractivity contribution in [3.05, 3.63) is 57.0 Å². The summed E-state index contributed by atoms with van der Waals surface area (Å²) in [5.41, 5.74) is 0.786. The lowest BCUT2D eigenvalue weighted by atomic mass is 10.1. The number of halogens is 3. The lowest BCUT2D eigenvalue weighted by Crippen LogP contribution is -2.14. The molecule has 6 heteroatoms. The monoisotopic (exact) mass is 329 g/mol. The fraction of sp³-hybridized carbons (Fsp3) is 0.0714. The summed E-state index contributed by atoms with van der Waals surface area (Å²) >= 11 is 17.8. The van der Waals surface area contributed by atoms with Gasteiger partial charge in [0, 0.05) is 10.7 Å². The summed E-state index contributed by atoms with van der Waals surface area (Å²) in [6, 6.07) is 9.84. The van der Waals surface area contributed by atoms with Gasteiger partial charge < -0.3 is 10.1 Å². The van der Waals surface area contributed by atoms with Crippen LogP contribution in [-0.2, 0) is 0 Å². The minimum atomic E-state index is -0.406. The Bertz CT molecular complexity index is 642. The van der Waals surface area contributed by atoms with Gasteiger partial charge in [0.25, 0.3) is 5.91 Å². The summed E-state index contributed by atoms with van der Waals surface area (Å²) in [7, 11) is 1.43. The molecule has 0 aromatic heterocycles. The van der Waals surface area contributed by atoms with Gasteiger partial charge in [-0.15, -0.1) is 0 Å². The van der Waals surface area contributed by atoms with Crippen molar-refractivity contribution in [2.45, 2.75) is 0 Å². The van der Waals surface area contributed by atoms with Gasteiger partial charge in [0.1, 0.15) is 5.56 Å². The lowest BCUT2D eigenvalue weighted by Gasteiger charge is -2.12. The molecule has 20 heavy (non-hydrogen) atoms. The SMILES string of the molecule is COc1c(Cl)ccc(Cl)c1C(=O)Nc1ccc(Cl)cc1. The van der Waals surface area contributed by atoms with Crippen LogP contribution in [0.15, 0.2) is 36.4 Å². The van der Waals surface area contributed by atoms with E-state index in [0.717, 1.165) is 0 Å². The maximum Gasteiger partial charge on any atom is 0.261 e. The number of anilines is 1. The Morgan fingerprint density at radius 2 is 1.60 bits per heavy atom. The molecule has 0 atom stereocenters. The van der Waals surface area contributed by atoms with Crippen molar-refractivity contribution in [1.82, 2.24) is 0 Å². The zero-order valence-electron chi connectivity index (χ0n) is 10.4. The van der Waals surface area contributed by atoms with Gasteiger partial charge in [-0.2, -0.15) is 0 Å². The van der Waals surface area contributed by atoms with Crippen LogP contribution in [0.25, 0.3) is 0 Å². The summed E-state index contributed by atoms with van der Waals surface area (Å²) in [6.45, 7) is 0. The Hall–Kier alpha value is -1.42. The summed E-state index contributed by atoms with van der Waals surface area (Å²) in [4.78, 5) is 12.3. The molecule has 104 valence electrons. The second-order valence-electron chi connectivity index (χ2n) is 3.90. The van der Waals surface area contributed by atoms with Crippen LogP contribution in [0.3, 0.4) is 0 Å². The van der Waals surface area contributed by atoms with Crippen LogP contribution in [0.4, 0.5) is 5.69 Å². The number of methoxy groups -OCH3 is 1. The average Bonchev–Trinajstić information content (AvgIpc) is 2.43. The summed E-state index contributed by atoms with van der Waals surface area (Å²) < 4.78 is 5.14. The standard InChI is InChI=1S/C14H10Cl3NO2/c1-20-13-11(17)7-6-10(16)12(13)14(19)18-9-4-2-8(15)3-5-9/h2-7H,1H3,(H,18,19). The number of amides is 1. The van der Waals surface area contributed by atoms with E-state index in [9.17, 15) is 4.79 Å². The van der Waals surface area contributed by atoms with Gasteiger partial charge in [0.2, 0.25) is 0 Å². The molecule has 2 aromatic rings. The number of hydrogen-bond donors (Lipinski definition) is 1. The molecule has 0 saturated carbocycles. The molecule has 0 aliphatic heterocycles. The van der Waals surface area contributed by atoms with E-state index < -0.39 is 5.91 Å². The normalized spacial score (nSPS) is 10.2. The minimum Gasteiger partial charge on any atom is -0.494 e. The number of benzene rings is 2. The van der Waals surface area contributed by atoms with Crippen molar-refractivity contribution >= 4 is 46.4 Å². The third kappa shape index (κ3) is 3.18. The smallest absolute Gasteiger partial charge is 0.261 e. The Kier molecular flexibility index (Phi) is 4.76. The zero-order chi connectivity index (χ0) is 14.7. The number of nitrogens with one attached hydrogen (secondary N) is 1. The molecule has 2 rings (SSSR count). The van der Waals surface area contributed by atoms with Crippen molar-refractivity contribution in [3.63, 3.8) is 0 Å². The molecule has 2 aromatic carbocycles. The number of hydrogen-bond acceptors (Lipinski definition) is 2. The van der Waals surface area contributed by atoms with Crippen LogP contribution < -0.4 is 10.1 Å². The van der Waals surface area contributed by atoms with Gasteiger partial charge >= 0.3 is 0 Å². The van der Waals surface area contributed by atoms with E-state index in [0.29, 0.717) is 15.7 Å². The minimum absolute atomic E-state index is 0.191. The number of carbonyl (C=O) groups is 1. The van der Waals surface area contributed by atoms with Gasteiger partial charge in [-0.1, -0.05) is 34.8 Å². The molecule has 0 aliphatic rings. The van der Waals surface area contributed by atoms with Gasteiger partial charge in [-0.25, -0.2) is 0 Å². The molecule has 0 bridgehead atoms. The first-order chi connectivity index (χ1) is 9.52. The second kappa shape index (κ2) is 6.35. The zero-order valence-corrected chi connectivity index (χ0v) is 12.7. The van der Waals surface area contributed by atoms with Crippen molar-refractivity contribution < 1.29 is 9.53 Å². The van der Waals surface area contributed by atoms with E-state index in [4.69, 9.17) is 39.5 Å². The summed E-state index contributed by atoms with van der Waals surface area (Å²) in [5, 5.41) is 3.87. The third-order valence-electron chi connectivity index (χ3n) is 2.59. The number of rotatable bonds is 3. The van der Waals surface area contributed by atoms with E-state index >= 15 is 0 Å². The fourth-order valence-corrected chi connectivity index (χ4v) is 2.27. The molecule has 0 spiro atoms. The molecule has 1 amide bonds. The lowest BCUT2D eigenvalue weighted by molar-refractivity contribution is 0.102. The molecule has 1 N–H and O–H groups in total. The van der Waals surface area contributed by atoms with Crippen LogP contribution in [-0.4, -0.2) is 13.0 Å². The first kappa shape index (κ1) is 15.0. The first-order valence-corrected chi connectivity index (χ1v) is 6.75. The summed E-state index contributed by atoms with van der Waals surface area (Å²) in [5.74, 6) is -0.165. The Balaban J connectivity index is 2.34. The highest BCUT2D eigenvalue weighted by Crippen LogP contribution is 2.34. The van der Waals surface area contributed by atoms with Crippen molar-refractivity contribution in [3.8, 4) is 5.75 Å². The fourth-order valence-electron chi connectivity index (χ4n) is 1.67. The van der Waals surface area contributed by atoms with Crippen LogP contribution >= 0.6 is 34.8 Å². The Labute approximate surface area is 131 Å². The highest BCUT2D eigenvalue weighted by molar-refractivity contribution is 6.37. The van der Waals surface area contributed by atoms with E-state index in [1.54, 1.807) is 36.4 Å². The van der Waals surface area contributed by atoms with Gasteiger partial charge in [0.15, 0.2) is 5.75 Å². The second-order valence-corrected chi connectivity index (χ2v) is 5.15. The largest absolute Gasteiger partial charge is 0.494 e. The molecular formula is C14H10Cl3NO2. The quantitative estimate of drug-likeness (QED) is 0.868. The van der Waals surface area contributed by atoms with Crippen molar-refractivity contribution in [2.24, 2.45) is 0 Å². The van der Waals surface area contributed by atoms with E-state index in [1.807, 2.05) is 0 Å². The van der Waals surface area contributed by atoms with Crippen LogP contribution in [0.2, 0.25) is 15.1 Å². The Morgan fingerprint density at radius 3 is 2.20 bits per heavy atom. The molecule has 0 radical (unpaired) electrons. The average molecular weight is 331 g/mol. The molecule has 3 nitrogen and oxygen atoms in total. The number of carbonyl (C=O) groups excluding carboxylic acids is 1. The molecule has 0 unspecified atom stereocenters. The maximum atomic E-state index is 12.3. The highest BCUT2D eigenvalue weighted by Gasteiger charge is 2.19. The molecular weight excluding hydrogens is 321 g/mol. The molecule has 0 fully saturated rings. The van der Waals surface area contributed by atoms with Gasteiger partial charge in [-0.3, -0.25) is 4.79 Å². The van der Waals surface area contributed by atoms with E-state index in [-0.39, 0.29) is 16.3 Å². The maximum absolute atomic E-state index is 12.3. The van der Waals surface area contributed by atoms with Gasteiger partial charge in [-0.05, 0) is 36.4 Å². The van der Waals surface area contributed by atoms with E-state index in [1.165, 1.54) is 7.11 Å².